The summed E-state index contributed by atoms with van der Waals surface area (Å²) in [4.78, 5) is 32.1. The van der Waals surface area contributed by atoms with Crippen LogP contribution in [0.3, 0.4) is 0 Å². The second kappa shape index (κ2) is 9.57. The van der Waals surface area contributed by atoms with Gasteiger partial charge in [-0.25, -0.2) is 4.79 Å². The number of hydrogen-bond donors (Lipinski definition) is 3. The molecule has 33 heavy (non-hydrogen) atoms. The Balaban J connectivity index is 1.47. The molecule has 1 aliphatic carbocycles. The van der Waals surface area contributed by atoms with E-state index in [0.29, 0.717) is 48.8 Å². The largest absolute Gasteiger partial charge is 0.495 e. The van der Waals surface area contributed by atoms with Crippen LogP contribution in [0.2, 0.25) is 5.02 Å². The molecule has 0 radical (unpaired) electrons. The minimum absolute atomic E-state index is 0.0594. The van der Waals surface area contributed by atoms with Crippen LogP contribution in [0, 0.1) is 5.92 Å². The number of amides is 3. The fourth-order valence-electron chi connectivity index (χ4n) is 4.66. The molecule has 1 saturated carbocycles. The van der Waals surface area contributed by atoms with E-state index >= 15 is 0 Å². The lowest BCUT2D eigenvalue weighted by Gasteiger charge is -2.45. The minimum atomic E-state index is -0.753. The van der Waals surface area contributed by atoms with E-state index in [9.17, 15) is 14.7 Å². The summed E-state index contributed by atoms with van der Waals surface area (Å²) in [5.74, 6) is 0.376. The number of benzene rings is 1. The number of likely N-dealkylation sites (tertiary alicyclic amines) is 1. The molecule has 1 aromatic carbocycles. The van der Waals surface area contributed by atoms with E-state index < -0.39 is 5.60 Å². The van der Waals surface area contributed by atoms with Gasteiger partial charge >= 0.3 is 6.03 Å². The van der Waals surface area contributed by atoms with Crippen LogP contribution in [0.25, 0.3) is 0 Å². The first-order valence-electron chi connectivity index (χ1n) is 11.1. The van der Waals surface area contributed by atoms with Crippen molar-refractivity contribution in [2.45, 2.75) is 43.7 Å². The van der Waals surface area contributed by atoms with Gasteiger partial charge in [-0.1, -0.05) is 11.6 Å². The molecule has 2 heterocycles. The molecule has 1 aliphatic heterocycles. The van der Waals surface area contributed by atoms with Gasteiger partial charge in [0, 0.05) is 47.4 Å². The third kappa shape index (κ3) is 5.57. The highest BCUT2D eigenvalue weighted by atomic mass is 35.5. The second-order valence-electron chi connectivity index (χ2n) is 9.12. The number of nitrogens with zero attached hydrogens (tertiary/aromatic N) is 2. The molecule has 0 bridgehead atoms. The molecule has 3 N–H and O–H groups in total. The fourth-order valence-corrected chi connectivity index (χ4v) is 4.79. The van der Waals surface area contributed by atoms with Gasteiger partial charge in [-0.05, 0) is 62.6 Å². The Morgan fingerprint density at radius 3 is 2.55 bits per heavy atom. The first-order valence-corrected chi connectivity index (χ1v) is 11.5. The van der Waals surface area contributed by atoms with E-state index in [4.69, 9.17) is 16.3 Å². The van der Waals surface area contributed by atoms with Gasteiger partial charge in [0.25, 0.3) is 0 Å². The normalized spacial score (nSPS) is 26.8. The molecule has 4 rings (SSSR count). The van der Waals surface area contributed by atoms with Gasteiger partial charge in [0.15, 0.2) is 0 Å². The molecule has 1 aromatic heterocycles. The number of piperidine rings is 1. The van der Waals surface area contributed by atoms with Gasteiger partial charge in [0.2, 0.25) is 5.91 Å². The molecular weight excluding hydrogens is 444 g/mol. The Morgan fingerprint density at radius 1 is 1.21 bits per heavy atom. The molecule has 2 atom stereocenters. The van der Waals surface area contributed by atoms with Crippen molar-refractivity contribution in [2.75, 3.05) is 25.5 Å². The number of anilines is 1. The number of urea groups is 1. The van der Waals surface area contributed by atoms with Crippen LogP contribution in [0.5, 0.6) is 5.75 Å². The van der Waals surface area contributed by atoms with Crippen LogP contribution >= 0.6 is 11.6 Å². The lowest BCUT2D eigenvalue weighted by atomic mass is 9.71. The Labute approximate surface area is 198 Å². The Morgan fingerprint density at radius 2 is 1.94 bits per heavy atom. The predicted octanol–water partition coefficient (Wildman–Crippen LogP) is 3.41. The summed E-state index contributed by atoms with van der Waals surface area (Å²) in [6, 6.07) is 10.1. The Bertz CT molecular complexity index is 989. The summed E-state index contributed by atoms with van der Waals surface area (Å²) in [6.07, 6.45) is 3.21. The number of hydrogen-bond acceptors (Lipinski definition) is 5. The molecule has 0 unspecified atom stereocenters. The summed E-state index contributed by atoms with van der Waals surface area (Å²) in [6.45, 7) is 2.75. The molecule has 0 spiro atoms. The van der Waals surface area contributed by atoms with Crippen molar-refractivity contribution in [1.29, 1.82) is 0 Å². The molecule has 9 heteroatoms. The SMILES string of the molecule is COc1ccc([C@@H]2CN(C(=O)C3CC(C)(O)C3)CC[C@H]2NC(=O)Nc2ccc(Cl)cc2)nc1. The summed E-state index contributed by atoms with van der Waals surface area (Å²) >= 11 is 5.91. The molecule has 3 amide bonds. The van der Waals surface area contributed by atoms with Crippen molar-refractivity contribution < 1.29 is 19.4 Å². The van der Waals surface area contributed by atoms with E-state index in [-0.39, 0.29) is 29.8 Å². The first-order chi connectivity index (χ1) is 15.7. The van der Waals surface area contributed by atoms with Crippen LogP contribution < -0.4 is 15.4 Å². The highest BCUT2D eigenvalue weighted by molar-refractivity contribution is 6.30. The lowest BCUT2D eigenvalue weighted by molar-refractivity contribution is -0.151. The number of ether oxygens (including phenoxy) is 1. The number of aliphatic hydroxyl groups is 1. The number of nitrogens with one attached hydrogen (secondary N) is 2. The third-order valence-electron chi connectivity index (χ3n) is 6.44. The molecule has 176 valence electrons. The first kappa shape index (κ1) is 23.3. The molecule has 8 nitrogen and oxygen atoms in total. The van der Waals surface area contributed by atoms with Gasteiger partial charge < -0.3 is 25.4 Å². The summed E-state index contributed by atoms with van der Waals surface area (Å²) in [5.41, 5.74) is 0.669. The quantitative estimate of drug-likeness (QED) is 0.618. The number of aromatic nitrogens is 1. The zero-order valence-corrected chi connectivity index (χ0v) is 19.5. The molecule has 1 saturated heterocycles. The van der Waals surface area contributed by atoms with Gasteiger partial charge in [0.05, 0.1) is 18.9 Å². The average molecular weight is 473 g/mol. The monoisotopic (exact) mass is 472 g/mol. The summed E-state index contributed by atoms with van der Waals surface area (Å²) < 4.78 is 5.22. The van der Waals surface area contributed by atoms with Crippen LogP contribution in [0.15, 0.2) is 42.6 Å². The predicted molar refractivity (Wildman–Crippen MR) is 125 cm³/mol. The van der Waals surface area contributed by atoms with Crippen molar-refractivity contribution in [2.24, 2.45) is 5.92 Å². The van der Waals surface area contributed by atoms with Gasteiger partial charge in [-0.3, -0.25) is 9.78 Å². The van der Waals surface area contributed by atoms with Gasteiger partial charge in [-0.15, -0.1) is 0 Å². The number of methoxy groups -OCH3 is 1. The highest BCUT2D eigenvalue weighted by Crippen LogP contribution is 2.39. The zero-order chi connectivity index (χ0) is 23.6. The van der Waals surface area contributed by atoms with Crippen LogP contribution in [0.4, 0.5) is 10.5 Å². The molecule has 2 fully saturated rings. The maximum absolute atomic E-state index is 13.0. The van der Waals surface area contributed by atoms with E-state index in [1.165, 1.54) is 0 Å². The van der Waals surface area contributed by atoms with Crippen LogP contribution in [-0.4, -0.2) is 58.8 Å². The third-order valence-corrected chi connectivity index (χ3v) is 6.69. The van der Waals surface area contributed by atoms with Crippen molar-refractivity contribution >= 4 is 29.2 Å². The average Bonchev–Trinajstić information content (AvgIpc) is 2.79. The van der Waals surface area contributed by atoms with Crippen LogP contribution in [-0.2, 0) is 4.79 Å². The maximum Gasteiger partial charge on any atom is 0.319 e. The second-order valence-corrected chi connectivity index (χ2v) is 9.55. The van der Waals surface area contributed by atoms with Crippen molar-refractivity contribution in [3.05, 3.63) is 53.3 Å². The number of halogens is 1. The molecule has 2 aromatic rings. The zero-order valence-electron chi connectivity index (χ0n) is 18.8. The molecule has 2 aliphatic rings. The van der Waals surface area contributed by atoms with Crippen molar-refractivity contribution in [3.8, 4) is 5.75 Å². The summed E-state index contributed by atoms with van der Waals surface area (Å²) in [5, 5.41) is 16.5. The fraction of sp³-hybridized carbons (Fsp3) is 0.458. The maximum atomic E-state index is 13.0. The number of rotatable bonds is 5. The Hall–Kier alpha value is -2.84. The summed E-state index contributed by atoms with van der Waals surface area (Å²) in [7, 11) is 1.58. The highest BCUT2D eigenvalue weighted by Gasteiger charge is 2.45. The van der Waals surface area contributed by atoms with Gasteiger partial charge in [0.1, 0.15) is 5.75 Å². The van der Waals surface area contributed by atoms with Crippen molar-refractivity contribution in [1.82, 2.24) is 15.2 Å². The van der Waals surface area contributed by atoms with E-state index in [0.717, 1.165) is 5.69 Å². The topological polar surface area (TPSA) is 104 Å². The number of carbonyl (C=O) groups excluding carboxylic acids is 2. The number of pyridine rings is 1. The standard InChI is InChI=1S/C24H29ClN4O4/c1-24(32)11-15(12-24)22(30)29-10-9-21(19(14-29)20-8-7-18(33-2)13-26-20)28-23(31)27-17-5-3-16(25)4-6-17/h3-8,13,15,19,21,32H,9-12,14H2,1-2H3,(H2,27,28,31)/t15?,19-,21+,24?/m0/s1. The van der Waals surface area contributed by atoms with E-state index in [2.05, 4.69) is 15.6 Å². The van der Waals surface area contributed by atoms with Crippen LogP contribution in [0.1, 0.15) is 37.8 Å². The Kier molecular flexibility index (Phi) is 6.76. The van der Waals surface area contributed by atoms with Crippen molar-refractivity contribution in [3.63, 3.8) is 0 Å². The minimum Gasteiger partial charge on any atom is -0.495 e. The molecular formula is C24H29ClN4O4. The smallest absolute Gasteiger partial charge is 0.319 e. The lowest BCUT2D eigenvalue weighted by Crippen LogP contribution is -2.56. The van der Waals surface area contributed by atoms with E-state index in [1.54, 1.807) is 44.5 Å². The number of carbonyl (C=O) groups is 2. The van der Waals surface area contributed by atoms with E-state index in [1.807, 2.05) is 17.0 Å². The van der Waals surface area contributed by atoms with Gasteiger partial charge in [-0.2, -0.15) is 0 Å².